The van der Waals surface area contributed by atoms with Crippen LogP contribution in [0.5, 0.6) is 5.75 Å². The molecule has 2 heterocycles. The number of amides is 1. The summed E-state index contributed by atoms with van der Waals surface area (Å²) >= 11 is 1.35. The molecule has 1 N–H and O–H groups in total. The Balaban J connectivity index is 1.56. The van der Waals surface area contributed by atoms with Crippen molar-refractivity contribution in [3.05, 3.63) is 71.0 Å². The van der Waals surface area contributed by atoms with E-state index in [2.05, 4.69) is 15.4 Å². The quantitative estimate of drug-likeness (QED) is 0.507. The van der Waals surface area contributed by atoms with Crippen LogP contribution in [0.1, 0.15) is 19.9 Å². The maximum atomic E-state index is 12.8. The summed E-state index contributed by atoms with van der Waals surface area (Å²) in [4.78, 5) is 29.6. The molecule has 1 atom stereocenters. The van der Waals surface area contributed by atoms with Crippen molar-refractivity contribution < 1.29 is 9.53 Å². The fourth-order valence-corrected chi connectivity index (χ4v) is 3.90. The van der Waals surface area contributed by atoms with Crippen LogP contribution < -0.4 is 15.6 Å². The van der Waals surface area contributed by atoms with Crippen molar-refractivity contribution in [2.75, 3.05) is 11.9 Å². The maximum Gasteiger partial charge on any atom is 0.267 e. The summed E-state index contributed by atoms with van der Waals surface area (Å²) in [5, 5.41) is 7.65. The highest BCUT2D eigenvalue weighted by Crippen LogP contribution is 2.29. The second-order valence-electron chi connectivity index (χ2n) is 6.61. The molecule has 0 saturated heterocycles. The second-order valence-corrected chi connectivity index (χ2v) is 7.64. The molecule has 0 fully saturated rings. The number of ether oxygens (including phenoxy) is 1. The van der Waals surface area contributed by atoms with Gasteiger partial charge in [-0.15, -0.1) is 0 Å². The molecule has 4 rings (SSSR count). The molecule has 0 aliphatic rings. The Labute approximate surface area is 177 Å². The Bertz CT molecular complexity index is 1250. The molecule has 4 aromatic rings. The van der Waals surface area contributed by atoms with Gasteiger partial charge in [0.2, 0.25) is 0 Å². The number of nitrogens with one attached hydrogen (secondary N) is 1. The van der Waals surface area contributed by atoms with Crippen LogP contribution in [0.4, 0.5) is 5.13 Å². The van der Waals surface area contributed by atoms with Crippen molar-refractivity contribution in [3.63, 3.8) is 0 Å². The minimum atomic E-state index is -0.799. The summed E-state index contributed by atoms with van der Waals surface area (Å²) in [5.41, 5.74) is 1.92. The number of hydrogen-bond donors (Lipinski definition) is 1. The molecule has 1 amide bonds. The van der Waals surface area contributed by atoms with Crippen LogP contribution in [0.3, 0.4) is 0 Å². The van der Waals surface area contributed by atoms with Crippen LogP contribution in [0.15, 0.2) is 65.5 Å². The molecule has 0 saturated carbocycles. The Hall–Kier alpha value is -3.52. The maximum absolute atomic E-state index is 12.8. The molecule has 7 nitrogen and oxygen atoms in total. The first-order valence-electron chi connectivity index (χ1n) is 9.54. The van der Waals surface area contributed by atoms with Crippen LogP contribution in [0.2, 0.25) is 0 Å². The summed E-state index contributed by atoms with van der Waals surface area (Å²) in [6.45, 7) is 4.14. The Morgan fingerprint density at radius 3 is 2.73 bits per heavy atom. The molecule has 8 heteroatoms. The first-order valence-corrected chi connectivity index (χ1v) is 10.4. The van der Waals surface area contributed by atoms with E-state index in [0.717, 1.165) is 21.5 Å². The van der Waals surface area contributed by atoms with E-state index >= 15 is 0 Å². The van der Waals surface area contributed by atoms with E-state index in [1.165, 1.54) is 22.1 Å². The average Bonchev–Trinajstić information content (AvgIpc) is 3.16. The SMILES string of the molecule is CCOc1ccc2nc(NC(=O)C(C)n3nc(-c4ccccc4)ccc3=O)sc2c1. The summed E-state index contributed by atoms with van der Waals surface area (Å²) < 4.78 is 7.61. The third kappa shape index (κ3) is 4.08. The fourth-order valence-electron chi connectivity index (χ4n) is 3.00. The lowest BCUT2D eigenvalue weighted by Gasteiger charge is -2.14. The van der Waals surface area contributed by atoms with Gasteiger partial charge in [0.25, 0.3) is 11.5 Å². The smallest absolute Gasteiger partial charge is 0.267 e. The summed E-state index contributed by atoms with van der Waals surface area (Å²) in [6, 6.07) is 17.4. The lowest BCUT2D eigenvalue weighted by Crippen LogP contribution is -2.33. The number of carbonyl (C=O) groups is 1. The number of carbonyl (C=O) groups excluding carboxylic acids is 1. The second kappa shape index (κ2) is 8.46. The molecular formula is C22H20N4O3S. The first kappa shape index (κ1) is 19.8. The van der Waals surface area contributed by atoms with Gasteiger partial charge in [-0.3, -0.25) is 9.59 Å². The lowest BCUT2D eigenvalue weighted by molar-refractivity contribution is -0.119. The summed E-state index contributed by atoms with van der Waals surface area (Å²) in [7, 11) is 0. The van der Waals surface area contributed by atoms with Gasteiger partial charge in [0.1, 0.15) is 11.8 Å². The van der Waals surface area contributed by atoms with Gasteiger partial charge in [-0.1, -0.05) is 41.7 Å². The van der Waals surface area contributed by atoms with E-state index in [9.17, 15) is 9.59 Å². The van der Waals surface area contributed by atoms with Crippen molar-refractivity contribution >= 4 is 32.6 Å². The van der Waals surface area contributed by atoms with Crippen molar-refractivity contribution in [2.45, 2.75) is 19.9 Å². The van der Waals surface area contributed by atoms with Gasteiger partial charge in [-0.05, 0) is 38.1 Å². The van der Waals surface area contributed by atoms with Crippen LogP contribution in [0.25, 0.3) is 21.5 Å². The predicted octanol–water partition coefficient (Wildman–Crippen LogP) is 4.12. The lowest BCUT2D eigenvalue weighted by atomic mass is 10.1. The highest BCUT2D eigenvalue weighted by atomic mass is 32.1. The highest BCUT2D eigenvalue weighted by Gasteiger charge is 2.20. The van der Waals surface area contributed by atoms with Gasteiger partial charge in [0.05, 0.1) is 22.5 Å². The van der Waals surface area contributed by atoms with Crippen LogP contribution >= 0.6 is 11.3 Å². The zero-order chi connectivity index (χ0) is 21.1. The number of nitrogens with zero attached hydrogens (tertiary/aromatic N) is 3. The van der Waals surface area contributed by atoms with Gasteiger partial charge in [-0.2, -0.15) is 5.10 Å². The fraction of sp³-hybridized carbons (Fsp3) is 0.182. The number of rotatable bonds is 6. The van der Waals surface area contributed by atoms with Crippen LogP contribution in [-0.4, -0.2) is 27.3 Å². The van der Waals surface area contributed by atoms with E-state index in [1.807, 2.05) is 55.5 Å². The topological polar surface area (TPSA) is 86.1 Å². The minimum Gasteiger partial charge on any atom is -0.494 e. The molecule has 0 spiro atoms. The molecule has 0 aliphatic heterocycles. The third-order valence-corrected chi connectivity index (χ3v) is 5.48. The van der Waals surface area contributed by atoms with E-state index in [0.29, 0.717) is 17.4 Å². The zero-order valence-corrected chi connectivity index (χ0v) is 17.3. The molecule has 1 unspecified atom stereocenters. The average molecular weight is 420 g/mol. The van der Waals surface area contributed by atoms with Gasteiger partial charge >= 0.3 is 0 Å². The van der Waals surface area contributed by atoms with Crippen molar-refractivity contribution in [1.29, 1.82) is 0 Å². The third-order valence-electron chi connectivity index (χ3n) is 4.54. The molecule has 2 aromatic heterocycles. The number of anilines is 1. The molecule has 30 heavy (non-hydrogen) atoms. The van der Waals surface area contributed by atoms with Gasteiger partial charge in [0.15, 0.2) is 5.13 Å². The van der Waals surface area contributed by atoms with Crippen molar-refractivity contribution in [3.8, 4) is 17.0 Å². The van der Waals surface area contributed by atoms with Gasteiger partial charge in [0, 0.05) is 11.6 Å². The minimum absolute atomic E-state index is 0.344. The summed E-state index contributed by atoms with van der Waals surface area (Å²) in [5.74, 6) is 0.396. The monoisotopic (exact) mass is 420 g/mol. The standard InChI is InChI=1S/C22H20N4O3S/c1-3-29-16-9-10-18-19(13-16)30-22(23-18)24-21(28)14(2)26-20(27)12-11-17(25-26)15-7-5-4-6-8-15/h4-14H,3H2,1-2H3,(H,23,24,28). The zero-order valence-electron chi connectivity index (χ0n) is 16.5. The van der Waals surface area contributed by atoms with E-state index in [4.69, 9.17) is 4.74 Å². The predicted molar refractivity (Wildman–Crippen MR) is 118 cm³/mol. The van der Waals surface area contributed by atoms with E-state index < -0.39 is 6.04 Å². The molecule has 0 aliphatic carbocycles. The van der Waals surface area contributed by atoms with E-state index in [-0.39, 0.29) is 11.5 Å². The van der Waals surface area contributed by atoms with Crippen molar-refractivity contribution in [2.24, 2.45) is 0 Å². The van der Waals surface area contributed by atoms with Crippen LogP contribution in [0, 0.1) is 0 Å². The number of hydrogen-bond acceptors (Lipinski definition) is 6. The molecule has 0 radical (unpaired) electrons. The van der Waals surface area contributed by atoms with Crippen molar-refractivity contribution in [1.82, 2.24) is 14.8 Å². The van der Waals surface area contributed by atoms with Crippen LogP contribution in [-0.2, 0) is 4.79 Å². The summed E-state index contributed by atoms with van der Waals surface area (Å²) in [6.07, 6.45) is 0. The molecular weight excluding hydrogens is 400 g/mol. The number of aromatic nitrogens is 3. The Morgan fingerprint density at radius 1 is 1.17 bits per heavy atom. The highest BCUT2D eigenvalue weighted by molar-refractivity contribution is 7.22. The number of thiazole rings is 1. The largest absolute Gasteiger partial charge is 0.494 e. The normalized spacial score (nSPS) is 11.9. The molecule has 0 bridgehead atoms. The van der Waals surface area contributed by atoms with E-state index in [1.54, 1.807) is 13.0 Å². The Morgan fingerprint density at radius 2 is 1.97 bits per heavy atom. The number of benzene rings is 2. The number of fused-ring (bicyclic) bond motifs is 1. The first-order chi connectivity index (χ1) is 14.5. The Kier molecular flexibility index (Phi) is 5.58. The van der Waals surface area contributed by atoms with Gasteiger partial charge < -0.3 is 10.1 Å². The molecule has 2 aromatic carbocycles. The molecule has 152 valence electrons. The van der Waals surface area contributed by atoms with Gasteiger partial charge in [-0.25, -0.2) is 9.67 Å².